The summed E-state index contributed by atoms with van der Waals surface area (Å²) in [5.74, 6) is 1.95. The summed E-state index contributed by atoms with van der Waals surface area (Å²) in [7, 11) is 0. The average molecular weight is 389 g/mol. The highest BCUT2D eigenvalue weighted by Crippen LogP contribution is 2.55. The van der Waals surface area contributed by atoms with Crippen molar-refractivity contribution in [3.8, 4) is 5.69 Å². The monoisotopic (exact) mass is 389 g/mol. The van der Waals surface area contributed by atoms with Gasteiger partial charge in [-0.3, -0.25) is 4.79 Å². The van der Waals surface area contributed by atoms with Crippen molar-refractivity contribution in [3.05, 3.63) is 60.0 Å². The number of hydrogen-bond acceptors (Lipinski definition) is 2. The summed E-state index contributed by atoms with van der Waals surface area (Å²) >= 11 is 0. The fraction of sp³-hybridized carbons (Fsp3) is 0.417. The summed E-state index contributed by atoms with van der Waals surface area (Å²) in [6, 6.07) is 14.0. The molecule has 0 atom stereocenters. The number of rotatable bonds is 3. The molecule has 1 aromatic heterocycles. The minimum atomic E-state index is -0.287. The molecular weight excluding hydrogens is 365 g/mol. The average Bonchev–Trinajstić information content (AvgIpc) is 3.07. The summed E-state index contributed by atoms with van der Waals surface area (Å²) < 4.78 is 15.1. The van der Waals surface area contributed by atoms with Crippen LogP contribution in [0.2, 0.25) is 0 Å². The molecule has 4 aliphatic carbocycles. The molecule has 0 saturated heterocycles. The Bertz CT molecular complexity index is 1070. The molecule has 29 heavy (non-hydrogen) atoms. The van der Waals surface area contributed by atoms with Crippen LogP contribution >= 0.6 is 0 Å². The normalized spacial score (nSPS) is 30.0. The third-order valence-corrected chi connectivity index (χ3v) is 7.29. The lowest BCUT2D eigenvalue weighted by atomic mass is 9.53. The fourth-order valence-electron chi connectivity index (χ4n) is 6.58. The lowest BCUT2D eigenvalue weighted by Crippen LogP contribution is -2.59. The van der Waals surface area contributed by atoms with Crippen molar-refractivity contribution in [2.75, 3.05) is 0 Å². The number of carbonyl (C=O) groups excluding carboxylic acids is 1. The lowest BCUT2D eigenvalue weighted by Gasteiger charge is -2.56. The van der Waals surface area contributed by atoms with Crippen LogP contribution in [0.5, 0.6) is 0 Å². The second-order valence-electron chi connectivity index (χ2n) is 9.41. The molecule has 4 aliphatic rings. The molecule has 7 rings (SSSR count). The summed E-state index contributed by atoms with van der Waals surface area (Å²) in [5, 5.41) is 8.93. The maximum Gasteiger partial charge on any atom is 0.272 e. The van der Waals surface area contributed by atoms with Crippen LogP contribution in [-0.2, 0) is 0 Å². The predicted molar refractivity (Wildman–Crippen MR) is 109 cm³/mol. The van der Waals surface area contributed by atoms with Gasteiger partial charge in [0, 0.05) is 10.9 Å². The smallest absolute Gasteiger partial charge is 0.272 e. The van der Waals surface area contributed by atoms with E-state index in [1.54, 1.807) is 16.8 Å². The van der Waals surface area contributed by atoms with Crippen molar-refractivity contribution >= 4 is 16.8 Å². The number of halogens is 1. The molecule has 1 amide bonds. The van der Waals surface area contributed by atoms with Crippen molar-refractivity contribution in [2.45, 2.75) is 44.1 Å². The highest BCUT2D eigenvalue weighted by Gasteiger charge is 2.51. The standard InChI is InChI=1S/C24H24FN3O/c25-18-5-7-19(8-6-18)28-21-4-2-1-3-20(21)22(27-28)23(29)26-24-12-15-9-16(13-24)11-17(10-15)14-24/h1-8,15-17H,9-14H2,(H,26,29). The van der Waals surface area contributed by atoms with E-state index in [9.17, 15) is 9.18 Å². The number of nitrogens with zero attached hydrogens (tertiary/aromatic N) is 2. The first-order chi connectivity index (χ1) is 14.1. The van der Waals surface area contributed by atoms with Gasteiger partial charge in [0.25, 0.3) is 5.91 Å². The van der Waals surface area contributed by atoms with E-state index >= 15 is 0 Å². The first-order valence-electron chi connectivity index (χ1n) is 10.6. The van der Waals surface area contributed by atoms with E-state index in [2.05, 4.69) is 10.4 Å². The van der Waals surface area contributed by atoms with Gasteiger partial charge in [-0.1, -0.05) is 18.2 Å². The molecule has 0 radical (unpaired) electrons. The predicted octanol–water partition coefficient (Wildman–Crippen LogP) is 4.86. The van der Waals surface area contributed by atoms with Gasteiger partial charge in [-0.05, 0) is 86.6 Å². The van der Waals surface area contributed by atoms with Gasteiger partial charge in [0.15, 0.2) is 5.69 Å². The molecule has 4 fully saturated rings. The highest BCUT2D eigenvalue weighted by molar-refractivity contribution is 6.05. The summed E-state index contributed by atoms with van der Waals surface area (Å²) in [4.78, 5) is 13.4. The van der Waals surface area contributed by atoms with E-state index < -0.39 is 0 Å². The Morgan fingerprint density at radius 3 is 2.24 bits per heavy atom. The number of benzene rings is 2. The molecule has 4 nitrogen and oxygen atoms in total. The van der Waals surface area contributed by atoms with E-state index in [4.69, 9.17) is 0 Å². The number of hydrogen-bond donors (Lipinski definition) is 1. The second kappa shape index (κ2) is 6.15. The fourth-order valence-corrected chi connectivity index (χ4v) is 6.58. The molecule has 148 valence electrons. The maximum atomic E-state index is 13.4. The molecule has 4 bridgehead atoms. The van der Waals surface area contributed by atoms with Gasteiger partial charge in [0.05, 0.1) is 11.2 Å². The molecule has 0 unspecified atom stereocenters. The Morgan fingerprint density at radius 1 is 0.966 bits per heavy atom. The van der Waals surface area contributed by atoms with Crippen LogP contribution in [0.25, 0.3) is 16.6 Å². The Hall–Kier alpha value is -2.69. The van der Waals surface area contributed by atoms with Crippen LogP contribution in [0.3, 0.4) is 0 Å². The molecule has 4 saturated carbocycles. The minimum absolute atomic E-state index is 0.0490. The molecule has 5 heteroatoms. The Morgan fingerprint density at radius 2 is 1.59 bits per heavy atom. The number of amides is 1. The quantitative estimate of drug-likeness (QED) is 0.695. The van der Waals surface area contributed by atoms with E-state index in [1.807, 2.05) is 24.3 Å². The first-order valence-corrected chi connectivity index (χ1v) is 10.6. The summed E-state index contributed by atoms with van der Waals surface area (Å²) in [6.07, 6.45) is 7.37. The van der Waals surface area contributed by atoms with Crippen molar-refractivity contribution in [1.82, 2.24) is 15.1 Å². The van der Waals surface area contributed by atoms with Gasteiger partial charge >= 0.3 is 0 Å². The van der Waals surface area contributed by atoms with Crippen molar-refractivity contribution in [1.29, 1.82) is 0 Å². The lowest BCUT2D eigenvalue weighted by molar-refractivity contribution is -0.0167. The van der Waals surface area contributed by atoms with Crippen molar-refractivity contribution < 1.29 is 9.18 Å². The summed E-state index contributed by atoms with van der Waals surface area (Å²) in [5.41, 5.74) is 2.01. The van der Waals surface area contributed by atoms with E-state index in [-0.39, 0.29) is 17.3 Å². The number of fused-ring (bicyclic) bond motifs is 1. The molecule has 1 N–H and O–H groups in total. The second-order valence-corrected chi connectivity index (χ2v) is 9.41. The number of aromatic nitrogens is 2. The van der Waals surface area contributed by atoms with E-state index in [0.29, 0.717) is 5.69 Å². The number of para-hydroxylation sites is 1. The van der Waals surface area contributed by atoms with Crippen LogP contribution < -0.4 is 5.32 Å². The van der Waals surface area contributed by atoms with Crippen molar-refractivity contribution in [2.24, 2.45) is 17.8 Å². The van der Waals surface area contributed by atoms with Gasteiger partial charge in [-0.15, -0.1) is 0 Å². The van der Waals surface area contributed by atoms with Crippen LogP contribution in [0.4, 0.5) is 4.39 Å². The zero-order chi connectivity index (χ0) is 19.6. The van der Waals surface area contributed by atoms with Crippen LogP contribution in [0, 0.1) is 23.6 Å². The van der Waals surface area contributed by atoms with E-state index in [1.165, 1.54) is 31.4 Å². The zero-order valence-corrected chi connectivity index (χ0v) is 16.3. The third kappa shape index (κ3) is 2.78. The van der Waals surface area contributed by atoms with Crippen molar-refractivity contribution in [3.63, 3.8) is 0 Å². The van der Waals surface area contributed by atoms with Crippen LogP contribution in [-0.4, -0.2) is 21.2 Å². The molecule has 0 spiro atoms. The minimum Gasteiger partial charge on any atom is -0.345 e. The Kier molecular flexibility index (Phi) is 3.65. The van der Waals surface area contributed by atoms with Gasteiger partial charge < -0.3 is 5.32 Å². The maximum absolute atomic E-state index is 13.4. The summed E-state index contributed by atoms with van der Waals surface area (Å²) in [6.45, 7) is 0. The molecule has 1 heterocycles. The SMILES string of the molecule is O=C(NC12CC3CC(CC(C3)C1)C2)c1nn(-c2ccc(F)cc2)c2ccccc12. The van der Waals surface area contributed by atoms with Gasteiger partial charge in [0.1, 0.15) is 5.82 Å². The Balaban J connectivity index is 1.37. The largest absolute Gasteiger partial charge is 0.345 e. The number of carbonyl (C=O) groups is 1. The van der Waals surface area contributed by atoms with Gasteiger partial charge in [0.2, 0.25) is 0 Å². The van der Waals surface area contributed by atoms with Gasteiger partial charge in [-0.2, -0.15) is 5.10 Å². The molecular formula is C24H24FN3O. The molecule has 3 aromatic rings. The topological polar surface area (TPSA) is 46.9 Å². The Labute approximate surface area is 169 Å². The molecule has 2 aromatic carbocycles. The third-order valence-electron chi connectivity index (χ3n) is 7.29. The zero-order valence-electron chi connectivity index (χ0n) is 16.3. The highest BCUT2D eigenvalue weighted by atomic mass is 19.1. The van der Waals surface area contributed by atoms with Crippen LogP contribution in [0.15, 0.2) is 48.5 Å². The van der Waals surface area contributed by atoms with E-state index in [0.717, 1.165) is 53.6 Å². The van der Waals surface area contributed by atoms with Gasteiger partial charge in [-0.25, -0.2) is 9.07 Å². The first kappa shape index (κ1) is 17.2. The molecule has 0 aliphatic heterocycles. The van der Waals surface area contributed by atoms with Crippen LogP contribution in [0.1, 0.15) is 49.0 Å². The number of nitrogens with one attached hydrogen (secondary N) is 1.